The van der Waals surface area contributed by atoms with E-state index in [-0.39, 0.29) is 5.91 Å². The Bertz CT molecular complexity index is 999. The maximum atomic E-state index is 13.1. The van der Waals surface area contributed by atoms with Crippen molar-refractivity contribution in [1.82, 2.24) is 19.9 Å². The molecule has 0 atom stereocenters. The molecule has 26 heavy (non-hydrogen) atoms. The Labute approximate surface area is 155 Å². The number of hydrogen-bond acceptors (Lipinski definition) is 5. The molecule has 1 aliphatic heterocycles. The van der Waals surface area contributed by atoms with Gasteiger partial charge in [-0.3, -0.25) is 4.79 Å². The van der Waals surface area contributed by atoms with Crippen LogP contribution in [0.5, 0.6) is 0 Å². The minimum absolute atomic E-state index is 0.0767. The average Bonchev–Trinajstić information content (AvgIpc) is 2.83. The van der Waals surface area contributed by atoms with Crippen molar-refractivity contribution in [2.24, 2.45) is 0 Å². The Morgan fingerprint density at radius 2 is 1.62 bits per heavy atom. The number of carbonyl (C=O) groups excluding carboxylic acids is 1. The molecule has 6 nitrogen and oxygen atoms in total. The van der Waals surface area contributed by atoms with E-state index in [2.05, 4.69) is 19.9 Å². The van der Waals surface area contributed by atoms with Crippen molar-refractivity contribution < 1.29 is 4.79 Å². The number of carbonyl (C=O) groups is 1. The number of hydrogen-bond donors (Lipinski definition) is 0. The van der Waals surface area contributed by atoms with E-state index in [0.29, 0.717) is 16.8 Å². The van der Waals surface area contributed by atoms with Gasteiger partial charge in [-0.1, -0.05) is 23.7 Å². The Balaban J connectivity index is 1.87. The summed E-state index contributed by atoms with van der Waals surface area (Å²) in [5, 5.41) is 0.422. The van der Waals surface area contributed by atoms with E-state index in [1.54, 1.807) is 17.3 Å². The number of halogens is 1. The number of rotatable bonds is 2. The van der Waals surface area contributed by atoms with E-state index in [1.165, 1.54) is 12.4 Å². The second kappa shape index (κ2) is 5.85. The quantitative estimate of drug-likeness (QED) is 0.689. The normalized spacial score (nSPS) is 15.2. The number of fused-ring (bicyclic) bond motifs is 1. The van der Waals surface area contributed by atoms with Crippen LogP contribution in [0.4, 0.5) is 11.6 Å². The van der Waals surface area contributed by atoms with Gasteiger partial charge in [0.2, 0.25) is 11.9 Å². The number of nitrogens with zero attached hydrogens (tertiary/aromatic N) is 5. The highest BCUT2D eigenvalue weighted by molar-refractivity contribution is 6.30. The van der Waals surface area contributed by atoms with E-state index in [9.17, 15) is 4.79 Å². The summed E-state index contributed by atoms with van der Waals surface area (Å²) >= 11 is 5.89. The van der Waals surface area contributed by atoms with Gasteiger partial charge in [0.05, 0.1) is 28.5 Å². The lowest BCUT2D eigenvalue weighted by Gasteiger charge is -2.18. The topological polar surface area (TPSA) is 71.9 Å². The molecule has 0 N–H and O–H groups in total. The van der Waals surface area contributed by atoms with Gasteiger partial charge in [-0.2, -0.15) is 0 Å². The van der Waals surface area contributed by atoms with Crippen LogP contribution in [0.2, 0.25) is 5.02 Å². The molecule has 4 rings (SSSR count). The summed E-state index contributed by atoms with van der Waals surface area (Å²) < 4.78 is 0. The lowest BCUT2D eigenvalue weighted by atomic mass is 9.85. The van der Waals surface area contributed by atoms with Crippen LogP contribution in [0, 0.1) is 6.92 Å². The molecule has 1 amide bonds. The number of aromatic nitrogens is 4. The molecule has 2 aromatic heterocycles. The van der Waals surface area contributed by atoms with E-state index >= 15 is 0 Å². The summed E-state index contributed by atoms with van der Waals surface area (Å²) in [6.45, 7) is 5.64. The summed E-state index contributed by atoms with van der Waals surface area (Å²) in [6, 6.07) is 5.90. The molecule has 1 aliphatic rings. The number of aryl methyl sites for hydroxylation is 1. The molecule has 0 unspecified atom stereocenters. The smallest absolute Gasteiger partial charge is 0.244 e. The molecule has 7 heteroatoms. The second-order valence-electron chi connectivity index (χ2n) is 6.72. The van der Waals surface area contributed by atoms with Crippen LogP contribution in [0.25, 0.3) is 11.1 Å². The van der Waals surface area contributed by atoms with Crippen molar-refractivity contribution in [3.63, 3.8) is 0 Å². The Hall–Kier alpha value is -2.86. The molecule has 3 heterocycles. The molecule has 0 radical (unpaired) electrons. The van der Waals surface area contributed by atoms with E-state index in [1.807, 2.05) is 39.0 Å². The molecule has 0 saturated heterocycles. The number of amides is 1. The summed E-state index contributed by atoms with van der Waals surface area (Å²) in [7, 11) is 0. The van der Waals surface area contributed by atoms with Crippen LogP contribution in [-0.4, -0.2) is 25.8 Å². The van der Waals surface area contributed by atoms with Crippen molar-refractivity contribution >= 4 is 29.1 Å². The van der Waals surface area contributed by atoms with Crippen LogP contribution in [0.3, 0.4) is 0 Å². The predicted molar refractivity (Wildman–Crippen MR) is 99.4 cm³/mol. The first-order valence-electron chi connectivity index (χ1n) is 8.13. The molecule has 1 aromatic carbocycles. The predicted octanol–water partition coefficient (Wildman–Crippen LogP) is 3.85. The molecule has 0 aliphatic carbocycles. The third-order valence-electron chi connectivity index (χ3n) is 4.57. The summed E-state index contributed by atoms with van der Waals surface area (Å²) in [5.41, 5.74) is 2.83. The fourth-order valence-electron chi connectivity index (χ4n) is 3.09. The molecule has 130 valence electrons. The largest absolute Gasteiger partial charge is 0.273 e. The Morgan fingerprint density at radius 1 is 0.962 bits per heavy atom. The summed E-state index contributed by atoms with van der Waals surface area (Å²) in [5.74, 6) is 0.943. The highest BCUT2D eigenvalue weighted by atomic mass is 35.5. The lowest BCUT2D eigenvalue weighted by molar-refractivity contribution is -0.121. The zero-order valence-electron chi connectivity index (χ0n) is 14.6. The maximum absolute atomic E-state index is 13.1. The zero-order chi connectivity index (χ0) is 18.5. The standard InChI is InChI=1S/C19H16ClN5O/c1-11-21-7-13(8-22-11)12-4-5-15-16(6-12)25(17(26)19(15,2)3)18-23-9-14(20)10-24-18/h4-10H,1-3H3. The fourth-order valence-corrected chi connectivity index (χ4v) is 3.19. The molecule has 0 saturated carbocycles. The minimum atomic E-state index is -0.666. The molecule has 0 spiro atoms. The van der Waals surface area contributed by atoms with E-state index < -0.39 is 5.41 Å². The van der Waals surface area contributed by atoms with Crippen LogP contribution in [0.1, 0.15) is 25.2 Å². The first kappa shape index (κ1) is 16.6. The van der Waals surface area contributed by atoms with Crippen molar-refractivity contribution in [3.8, 4) is 11.1 Å². The highest BCUT2D eigenvalue weighted by Crippen LogP contribution is 2.45. The van der Waals surface area contributed by atoms with Crippen LogP contribution in [0.15, 0.2) is 43.0 Å². The maximum Gasteiger partial charge on any atom is 0.244 e. The third-order valence-corrected chi connectivity index (χ3v) is 4.77. The van der Waals surface area contributed by atoms with Gasteiger partial charge < -0.3 is 0 Å². The van der Waals surface area contributed by atoms with Gasteiger partial charge in [0.1, 0.15) is 5.82 Å². The van der Waals surface area contributed by atoms with Crippen molar-refractivity contribution in [2.45, 2.75) is 26.2 Å². The van der Waals surface area contributed by atoms with Crippen molar-refractivity contribution in [3.05, 3.63) is 59.4 Å². The molecular weight excluding hydrogens is 350 g/mol. The van der Waals surface area contributed by atoms with Crippen LogP contribution >= 0.6 is 11.6 Å². The lowest BCUT2D eigenvalue weighted by Crippen LogP contribution is -2.34. The van der Waals surface area contributed by atoms with Crippen molar-refractivity contribution in [1.29, 1.82) is 0 Å². The molecule has 3 aromatic rings. The van der Waals surface area contributed by atoms with Gasteiger partial charge in [0.15, 0.2) is 0 Å². The number of benzene rings is 1. The van der Waals surface area contributed by atoms with E-state index in [4.69, 9.17) is 11.6 Å². The third kappa shape index (κ3) is 2.54. The van der Waals surface area contributed by atoms with Crippen molar-refractivity contribution in [2.75, 3.05) is 4.90 Å². The SMILES string of the molecule is Cc1ncc(-c2ccc3c(c2)N(c2ncc(Cl)cn2)C(=O)C3(C)C)cn1. The average molecular weight is 366 g/mol. The molecule has 0 fully saturated rings. The fraction of sp³-hybridized carbons (Fsp3) is 0.211. The summed E-state index contributed by atoms with van der Waals surface area (Å²) in [4.78, 5) is 31.5. The minimum Gasteiger partial charge on any atom is -0.273 e. The van der Waals surface area contributed by atoms with E-state index in [0.717, 1.165) is 22.4 Å². The van der Waals surface area contributed by atoms with Gasteiger partial charge in [-0.15, -0.1) is 0 Å². The Kier molecular flexibility index (Phi) is 3.73. The van der Waals surface area contributed by atoms with Gasteiger partial charge >= 0.3 is 0 Å². The summed E-state index contributed by atoms with van der Waals surface area (Å²) in [6.07, 6.45) is 6.52. The van der Waals surface area contributed by atoms with Gasteiger partial charge in [-0.05, 0) is 38.0 Å². The van der Waals surface area contributed by atoms with Crippen LogP contribution < -0.4 is 4.90 Å². The number of anilines is 2. The van der Waals surface area contributed by atoms with Gasteiger partial charge in [0.25, 0.3) is 0 Å². The van der Waals surface area contributed by atoms with Crippen LogP contribution in [-0.2, 0) is 10.2 Å². The second-order valence-corrected chi connectivity index (χ2v) is 7.15. The Morgan fingerprint density at radius 3 is 2.27 bits per heavy atom. The van der Waals surface area contributed by atoms with Gasteiger partial charge in [0, 0.05) is 18.0 Å². The van der Waals surface area contributed by atoms with Gasteiger partial charge in [-0.25, -0.2) is 24.8 Å². The first-order valence-corrected chi connectivity index (χ1v) is 8.51. The molecule has 0 bridgehead atoms. The monoisotopic (exact) mass is 365 g/mol. The molecular formula is C19H16ClN5O. The first-order chi connectivity index (χ1) is 12.4. The zero-order valence-corrected chi connectivity index (χ0v) is 15.3. The highest BCUT2D eigenvalue weighted by Gasteiger charge is 2.45.